The number of hydrogen-bond donors (Lipinski definition) is 2. The lowest BCUT2D eigenvalue weighted by atomic mass is 10.2. The Morgan fingerprint density at radius 3 is 2.87 bits per heavy atom. The van der Waals surface area contributed by atoms with Crippen LogP contribution in [0.1, 0.15) is 0 Å². The monoisotopic (exact) mass is 267 g/mol. The summed E-state index contributed by atoms with van der Waals surface area (Å²) in [7, 11) is 1.62. The van der Waals surface area contributed by atoms with Gasteiger partial charge in [-0.1, -0.05) is 15.9 Å². The topological polar surface area (TPSA) is 60.2 Å². The standard InChI is InChI=1S/C10H10BrN3O/c1-15-8-3-2-6(11)9-7(14-12)4-5-13-10(8)9/h2-5H,12H2,1H3,(H,13,14). The van der Waals surface area contributed by atoms with E-state index in [-0.39, 0.29) is 0 Å². The molecule has 0 bridgehead atoms. The van der Waals surface area contributed by atoms with Crippen LogP contribution >= 0.6 is 15.9 Å². The number of nitrogen functional groups attached to an aromatic ring is 1. The highest BCUT2D eigenvalue weighted by Crippen LogP contribution is 2.34. The third kappa shape index (κ3) is 1.64. The van der Waals surface area contributed by atoms with Crippen molar-refractivity contribution in [3.05, 3.63) is 28.9 Å². The number of pyridine rings is 1. The number of hydrazine groups is 1. The van der Waals surface area contributed by atoms with Crippen LogP contribution in [0.2, 0.25) is 0 Å². The molecule has 0 fully saturated rings. The summed E-state index contributed by atoms with van der Waals surface area (Å²) < 4.78 is 6.16. The summed E-state index contributed by atoms with van der Waals surface area (Å²) in [4.78, 5) is 4.27. The Bertz CT molecular complexity index is 501. The number of aromatic nitrogens is 1. The van der Waals surface area contributed by atoms with Crippen molar-refractivity contribution < 1.29 is 4.74 Å². The number of ether oxygens (including phenoxy) is 1. The average molecular weight is 268 g/mol. The third-order valence-corrected chi connectivity index (χ3v) is 2.84. The highest BCUT2D eigenvalue weighted by molar-refractivity contribution is 9.10. The maximum atomic E-state index is 5.44. The maximum Gasteiger partial charge on any atom is 0.145 e. The number of fused-ring (bicyclic) bond motifs is 1. The van der Waals surface area contributed by atoms with E-state index in [4.69, 9.17) is 10.6 Å². The molecule has 5 heteroatoms. The van der Waals surface area contributed by atoms with Gasteiger partial charge in [-0.15, -0.1) is 0 Å². The van der Waals surface area contributed by atoms with Gasteiger partial charge >= 0.3 is 0 Å². The van der Waals surface area contributed by atoms with Gasteiger partial charge in [0.2, 0.25) is 0 Å². The van der Waals surface area contributed by atoms with Gasteiger partial charge in [-0.25, -0.2) is 0 Å². The normalized spacial score (nSPS) is 10.3. The van der Waals surface area contributed by atoms with Crippen LogP contribution in [0.15, 0.2) is 28.9 Å². The molecule has 1 heterocycles. The van der Waals surface area contributed by atoms with E-state index in [9.17, 15) is 0 Å². The number of halogens is 1. The van der Waals surface area contributed by atoms with E-state index >= 15 is 0 Å². The highest BCUT2D eigenvalue weighted by Gasteiger charge is 2.09. The Balaban J connectivity index is 2.86. The van der Waals surface area contributed by atoms with Crippen LogP contribution in [-0.4, -0.2) is 12.1 Å². The lowest BCUT2D eigenvalue weighted by Gasteiger charge is -2.09. The third-order valence-electron chi connectivity index (χ3n) is 2.18. The maximum absolute atomic E-state index is 5.44. The first-order chi connectivity index (χ1) is 7.27. The molecule has 3 N–H and O–H groups in total. The van der Waals surface area contributed by atoms with Crippen LogP contribution in [0.3, 0.4) is 0 Å². The first-order valence-electron chi connectivity index (χ1n) is 4.35. The molecule has 2 rings (SSSR count). The first kappa shape index (κ1) is 10.2. The van der Waals surface area contributed by atoms with Crippen molar-refractivity contribution in [2.45, 2.75) is 0 Å². The summed E-state index contributed by atoms with van der Waals surface area (Å²) in [6.45, 7) is 0. The fourth-order valence-electron chi connectivity index (χ4n) is 1.49. The van der Waals surface area contributed by atoms with Crippen LogP contribution in [0.25, 0.3) is 10.9 Å². The molecule has 0 aliphatic heterocycles. The van der Waals surface area contributed by atoms with Crippen molar-refractivity contribution in [1.29, 1.82) is 0 Å². The molecule has 0 atom stereocenters. The molecule has 78 valence electrons. The summed E-state index contributed by atoms with van der Waals surface area (Å²) in [5.41, 5.74) is 4.23. The van der Waals surface area contributed by atoms with Crippen molar-refractivity contribution in [3.8, 4) is 5.75 Å². The van der Waals surface area contributed by atoms with Crippen LogP contribution in [0.5, 0.6) is 5.75 Å². The van der Waals surface area contributed by atoms with E-state index in [1.807, 2.05) is 18.2 Å². The zero-order valence-corrected chi connectivity index (χ0v) is 9.71. The van der Waals surface area contributed by atoms with Crippen molar-refractivity contribution in [2.24, 2.45) is 5.84 Å². The molecular formula is C10H10BrN3O. The number of nitrogens with one attached hydrogen (secondary N) is 1. The number of nitrogens with two attached hydrogens (primary N) is 1. The van der Waals surface area contributed by atoms with Crippen LogP contribution in [0.4, 0.5) is 5.69 Å². The van der Waals surface area contributed by atoms with E-state index in [1.165, 1.54) is 0 Å². The van der Waals surface area contributed by atoms with E-state index in [0.717, 1.165) is 26.8 Å². The molecule has 4 nitrogen and oxygen atoms in total. The van der Waals surface area contributed by atoms with E-state index in [2.05, 4.69) is 26.3 Å². The Kier molecular flexibility index (Phi) is 2.75. The summed E-state index contributed by atoms with van der Waals surface area (Å²) in [6, 6.07) is 5.58. The Morgan fingerprint density at radius 2 is 2.20 bits per heavy atom. The SMILES string of the molecule is COc1ccc(Br)c2c(NN)ccnc12. The molecule has 0 aliphatic rings. The van der Waals surface area contributed by atoms with Crippen LogP contribution < -0.4 is 16.0 Å². The van der Waals surface area contributed by atoms with E-state index < -0.39 is 0 Å². The number of rotatable bonds is 2. The Morgan fingerprint density at radius 1 is 1.40 bits per heavy atom. The fraction of sp³-hybridized carbons (Fsp3) is 0.100. The second kappa shape index (κ2) is 4.04. The lowest BCUT2D eigenvalue weighted by molar-refractivity contribution is 0.419. The largest absolute Gasteiger partial charge is 0.494 e. The summed E-state index contributed by atoms with van der Waals surface area (Å²) in [5.74, 6) is 6.16. The zero-order chi connectivity index (χ0) is 10.8. The molecule has 0 spiro atoms. The minimum Gasteiger partial charge on any atom is -0.494 e. The van der Waals surface area contributed by atoms with E-state index in [0.29, 0.717) is 0 Å². The molecule has 0 saturated heterocycles. The molecule has 0 amide bonds. The van der Waals surface area contributed by atoms with Crippen molar-refractivity contribution in [3.63, 3.8) is 0 Å². The van der Waals surface area contributed by atoms with Gasteiger partial charge in [0.15, 0.2) is 0 Å². The van der Waals surface area contributed by atoms with Gasteiger partial charge in [0, 0.05) is 16.1 Å². The molecule has 15 heavy (non-hydrogen) atoms. The second-order valence-electron chi connectivity index (χ2n) is 2.98. The molecule has 1 aromatic carbocycles. The first-order valence-corrected chi connectivity index (χ1v) is 5.15. The molecule has 0 unspecified atom stereocenters. The quantitative estimate of drug-likeness (QED) is 0.648. The smallest absolute Gasteiger partial charge is 0.145 e. The van der Waals surface area contributed by atoms with Gasteiger partial charge in [-0.2, -0.15) is 0 Å². The lowest BCUT2D eigenvalue weighted by Crippen LogP contribution is -2.07. The minimum absolute atomic E-state index is 0.727. The van der Waals surface area contributed by atoms with Crippen molar-refractivity contribution >= 4 is 32.5 Å². The summed E-state index contributed by atoms with van der Waals surface area (Å²) in [5, 5.41) is 0.916. The number of hydrogen-bond acceptors (Lipinski definition) is 4. The highest BCUT2D eigenvalue weighted by atomic mass is 79.9. The van der Waals surface area contributed by atoms with Gasteiger partial charge in [-0.05, 0) is 18.2 Å². The number of benzene rings is 1. The summed E-state index contributed by atoms with van der Waals surface area (Å²) >= 11 is 3.46. The second-order valence-corrected chi connectivity index (χ2v) is 3.83. The predicted molar refractivity (Wildman–Crippen MR) is 63.8 cm³/mol. The average Bonchev–Trinajstić information content (AvgIpc) is 2.29. The zero-order valence-electron chi connectivity index (χ0n) is 8.12. The fourth-order valence-corrected chi connectivity index (χ4v) is 2.02. The molecule has 2 aromatic rings. The minimum atomic E-state index is 0.727. The molecule has 0 aliphatic carbocycles. The van der Waals surface area contributed by atoms with Gasteiger partial charge in [0.05, 0.1) is 12.8 Å². The van der Waals surface area contributed by atoms with Crippen LogP contribution in [-0.2, 0) is 0 Å². The molecule has 0 radical (unpaired) electrons. The predicted octanol–water partition coefficient (Wildman–Crippen LogP) is 2.29. The van der Waals surface area contributed by atoms with Crippen molar-refractivity contribution in [2.75, 3.05) is 12.5 Å². The van der Waals surface area contributed by atoms with Gasteiger partial charge in [0.1, 0.15) is 11.3 Å². The summed E-state index contributed by atoms with van der Waals surface area (Å²) in [6.07, 6.45) is 1.69. The Labute approximate surface area is 95.5 Å². The van der Waals surface area contributed by atoms with E-state index in [1.54, 1.807) is 13.3 Å². The molecule has 0 saturated carbocycles. The molecular weight excluding hydrogens is 258 g/mol. The number of nitrogens with zero attached hydrogens (tertiary/aromatic N) is 1. The Hall–Kier alpha value is -1.33. The van der Waals surface area contributed by atoms with Crippen molar-refractivity contribution in [1.82, 2.24) is 4.98 Å². The molecule has 1 aromatic heterocycles. The number of methoxy groups -OCH3 is 1. The van der Waals surface area contributed by atoms with Crippen LogP contribution in [0, 0.1) is 0 Å². The number of anilines is 1. The van der Waals surface area contributed by atoms with Gasteiger partial charge in [-0.3, -0.25) is 10.8 Å². The van der Waals surface area contributed by atoms with Gasteiger partial charge < -0.3 is 10.2 Å². The van der Waals surface area contributed by atoms with Gasteiger partial charge in [0.25, 0.3) is 0 Å².